The maximum absolute atomic E-state index is 13.6. The highest BCUT2D eigenvalue weighted by molar-refractivity contribution is 5.94. The average Bonchev–Trinajstić information content (AvgIpc) is 2.37. The molecule has 18 heavy (non-hydrogen) atoms. The summed E-state index contributed by atoms with van der Waals surface area (Å²) < 4.78 is 18.7. The summed E-state index contributed by atoms with van der Waals surface area (Å²) in [5, 5.41) is 2.94. The van der Waals surface area contributed by atoms with Gasteiger partial charge in [0.1, 0.15) is 0 Å². The van der Waals surface area contributed by atoms with Gasteiger partial charge in [-0.3, -0.25) is 4.79 Å². The lowest BCUT2D eigenvalue weighted by atomic mass is 10.2. The van der Waals surface area contributed by atoms with E-state index in [1.54, 1.807) is 20.0 Å². The predicted molar refractivity (Wildman–Crippen MR) is 69.5 cm³/mol. The fourth-order valence-electron chi connectivity index (χ4n) is 1.47. The van der Waals surface area contributed by atoms with Crippen LogP contribution in [0.4, 0.5) is 10.1 Å². The second kappa shape index (κ2) is 6.96. The lowest BCUT2D eigenvalue weighted by molar-refractivity contribution is -0.117. The van der Waals surface area contributed by atoms with Crippen molar-refractivity contribution in [3.63, 3.8) is 0 Å². The third-order valence-corrected chi connectivity index (χ3v) is 2.50. The molecule has 4 nitrogen and oxygen atoms in total. The van der Waals surface area contributed by atoms with Gasteiger partial charge in [-0.05, 0) is 25.6 Å². The van der Waals surface area contributed by atoms with Gasteiger partial charge in [0.15, 0.2) is 11.6 Å². The Morgan fingerprint density at radius 1 is 1.44 bits per heavy atom. The van der Waals surface area contributed by atoms with E-state index in [2.05, 4.69) is 5.32 Å². The summed E-state index contributed by atoms with van der Waals surface area (Å²) in [6.45, 7) is 5.08. The van der Waals surface area contributed by atoms with Crippen LogP contribution in [0.1, 0.15) is 13.8 Å². The first-order chi connectivity index (χ1) is 8.60. The van der Waals surface area contributed by atoms with Crippen LogP contribution >= 0.6 is 0 Å². The number of ether oxygens (including phenoxy) is 1. The largest absolute Gasteiger partial charge is 0.491 e. The summed E-state index contributed by atoms with van der Waals surface area (Å²) in [6, 6.07) is 4.50. The number of hydrogen-bond donors (Lipinski definition) is 1. The van der Waals surface area contributed by atoms with Crippen molar-refractivity contribution in [2.45, 2.75) is 13.8 Å². The lowest BCUT2D eigenvalue weighted by Crippen LogP contribution is -2.35. The van der Waals surface area contributed by atoms with Crippen LogP contribution in [0.5, 0.6) is 5.75 Å². The molecule has 0 unspecified atom stereocenters. The van der Waals surface area contributed by atoms with E-state index in [4.69, 9.17) is 4.74 Å². The Kier molecular flexibility index (Phi) is 5.58. The minimum absolute atomic E-state index is 0.111. The number of carbonyl (C=O) groups is 1. The minimum Gasteiger partial charge on any atom is -0.491 e. The molecule has 0 heterocycles. The summed E-state index contributed by atoms with van der Waals surface area (Å²) in [6.07, 6.45) is 0. The Bertz CT molecular complexity index is 410. The van der Waals surface area contributed by atoms with Crippen LogP contribution in [-0.2, 0) is 4.79 Å². The highest BCUT2D eigenvalue weighted by Gasteiger charge is 2.12. The minimum atomic E-state index is -0.461. The number of nitrogens with zero attached hydrogens (tertiary/aromatic N) is 1. The molecule has 0 aliphatic rings. The van der Waals surface area contributed by atoms with Crippen molar-refractivity contribution in [2.24, 2.45) is 0 Å². The van der Waals surface area contributed by atoms with E-state index >= 15 is 0 Å². The lowest BCUT2D eigenvalue weighted by Gasteiger charge is -2.18. The fraction of sp³-hybridized carbons (Fsp3) is 0.462. The van der Waals surface area contributed by atoms with Crippen molar-refractivity contribution in [3.8, 4) is 5.75 Å². The molecule has 0 atom stereocenters. The highest BCUT2D eigenvalue weighted by Crippen LogP contribution is 2.23. The zero-order valence-corrected chi connectivity index (χ0v) is 11.0. The second-order valence-electron chi connectivity index (χ2n) is 3.78. The zero-order valence-electron chi connectivity index (χ0n) is 11.0. The molecule has 0 bridgehead atoms. The zero-order chi connectivity index (χ0) is 13.5. The van der Waals surface area contributed by atoms with Crippen molar-refractivity contribution < 1.29 is 13.9 Å². The van der Waals surface area contributed by atoms with Gasteiger partial charge in [0.2, 0.25) is 5.91 Å². The average molecular weight is 254 g/mol. The van der Waals surface area contributed by atoms with Gasteiger partial charge in [-0.1, -0.05) is 6.92 Å². The maximum Gasteiger partial charge on any atom is 0.240 e. The van der Waals surface area contributed by atoms with Gasteiger partial charge in [0.25, 0.3) is 0 Å². The van der Waals surface area contributed by atoms with Crippen molar-refractivity contribution in [1.29, 1.82) is 0 Å². The number of benzene rings is 1. The van der Waals surface area contributed by atoms with E-state index in [0.29, 0.717) is 12.3 Å². The SMILES string of the molecule is CCNCC(=O)N(C)c1ccc(OCC)c(F)c1. The third-order valence-electron chi connectivity index (χ3n) is 2.50. The highest BCUT2D eigenvalue weighted by atomic mass is 19.1. The molecule has 0 radical (unpaired) electrons. The van der Waals surface area contributed by atoms with Crippen LogP contribution in [0.3, 0.4) is 0 Å². The number of rotatable bonds is 6. The number of hydrogen-bond acceptors (Lipinski definition) is 3. The molecule has 100 valence electrons. The molecule has 0 aliphatic heterocycles. The van der Waals surface area contributed by atoms with Gasteiger partial charge < -0.3 is 15.0 Å². The summed E-state index contributed by atoms with van der Waals surface area (Å²) in [4.78, 5) is 13.2. The van der Waals surface area contributed by atoms with E-state index in [9.17, 15) is 9.18 Å². The van der Waals surface area contributed by atoms with Gasteiger partial charge in [-0.15, -0.1) is 0 Å². The molecule has 0 saturated heterocycles. The van der Waals surface area contributed by atoms with Crippen LogP contribution in [0.25, 0.3) is 0 Å². The number of nitrogens with one attached hydrogen (secondary N) is 1. The van der Waals surface area contributed by atoms with Crippen LogP contribution < -0.4 is 15.0 Å². The van der Waals surface area contributed by atoms with E-state index in [-0.39, 0.29) is 18.2 Å². The Hall–Kier alpha value is -1.62. The molecule has 0 fully saturated rings. The number of halogens is 1. The molecule has 5 heteroatoms. The molecular weight excluding hydrogens is 235 g/mol. The standard InChI is InChI=1S/C13H19FN2O2/c1-4-15-9-13(17)16(3)10-6-7-12(18-5-2)11(14)8-10/h6-8,15H,4-5,9H2,1-3H3. The van der Waals surface area contributed by atoms with Crippen LogP contribution in [0, 0.1) is 5.82 Å². The van der Waals surface area contributed by atoms with Crippen molar-refractivity contribution in [1.82, 2.24) is 5.32 Å². The van der Waals surface area contributed by atoms with Crippen LogP contribution in [0.2, 0.25) is 0 Å². The van der Waals surface area contributed by atoms with E-state index in [1.165, 1.54) is 17.0 Å². The molecule has 1 aromatic rings. The van der Waals surface area contributed by atoms with Crippen LogP contribution in [0.15, 0.2) is 18.2 Å². The summed E-state index contributed by atoms with van der Waals surface area (Å²) in [7, 11) is 1.62. The predicted octanol–water partition coefficient (Wildman–Crippen LogP) is 1.80. The number of anilines is 1. The Morgan fingerprint density at radius 3 is 2.72 bits per heavy atom. The molecule has 0 aliphatic carbocycles. The first-order valence-electron chi connectivity index (χ1n) is 5.99. The second-order valence-corrected chi connectivity index (χ2v) is 3.78. The molecule has 0 aromatic heterocycles. The van der Waals surface area contributed by atoms with Crippen molar-refractivity contribution in [2.75, 3.05) is 31.6 Å². The third kappa shape index (κ3) is 3.70. The molecule has 1 amide bonds. The summed E-state index contributed by atoms with van der Waals surface area (Å²) >= 11 is 0. The molecule has 1 N–H and O–H groups in total. The Balaban J connectivity index is 2.77. The van der Waals surface area contributed by atoms with Gasteiger partial charge >= 0.3 is 0 Å². The maximum atomic E-state index is 13.6. The van der Waals surface area contributed by atoms with Gasteiger partial charge in [-0.25, -0.2) is 4.39 Å². The van der Waals surface area contributed by atoms with E-state index in [1.807, 2.05) is 6.92 Å². The van der Waals surface area contributed by atoms with E-state index < -0.39 is 5.82 Å². The van der Waals surface area contributed by atoms with Crippen molar-refractivity contribution in [3.05, 3.63) is 24.0 Å². The fourth-order valence-corrected chi connectivity index (χ4v) is 1.47. The molecule has 0 spiro atoms. The smallest absolute Gasteiger partial charge is 0.240 e. The molecule has 0 saturated carbocycles. The monoisotopic (exact) mass is 254 g/mol. The molecule has 1 rings (SSSR count). The normalized spacial score (nSPS) is 10.2. The first-order valence-corrected chi connectivity index (χ1v) is 5.99. The van der Waals surface area contributed by atoms with Crippen molar-refractivity contribution >= 4 is 11.6 Å². The Morgan fingerprint density at radius 2 is 2.17 bits per heavy atom. The first kappa shape index (κ1) is 14.4. The van der Waals surface area contributed by atoms with Gasteiger partial charge in [-0.2, -0.15) is 0 Å². The van der Waals surface area contributed by atoms with E-state index in [0.717, 1.165) is 6.54 Å². The quantitative estimate of drug-likeness (QED) is 0.841. The number of carbonyl (C=O) groups excluding carboxylic acids is 1. The molecule has 1 aromatic carbocycles. The van der Waals surface area contributed by atoms with Gasteiger partial charge in [0, 0.05) is 18.8 Å². The van der Waals surface area contributed by atoms with Crippen LogP contribution in [-0.4, -0.2) is 32.7 Å². The summed E-state index contributed by atoms with van der Waals surface area (Å²) in [5.74, 6) is -0.369. The topological polar surface area (TPSA) is 41.6 Å². The number of likely N-dealkylation sites (N-methyl/N-ethyl adjacent to an activating group) is 2. The Labute approximate surface area is 107 Å². The number of amides is 1. The molecular formula is C13H19FN2O2. The summed E-state index contributed by atoms with van der Waals surface area (Å²) in [5.41, 5.74) is 0.513. The van der Waals surface area contributed by atoms with Gasteiger partial charge in [0.05, 0.1) is 13.2 Å².